The SMILES string of the molecule is CCCCOC(=O)C(SCCCCCCCF)C(C)C. The lowest BCUT2D eigenvalue weighted by molar-refractivity contribution is -0.143. The fourth-order valence-corrected chi connectivity index (χ4v) is 3.08. The second-order valence-electron chi connectivity index (χ2n) is 5.51. The van der Waals surface area contributed by atoms with Gasteiger partial charge in [0.1, 0.15) is 5.25 Å². The van der Waals surface area contributed by atoms with Gasteiger partial charge in [-0.2, -0.15) is 0 Å². The van der Waals surface area contributed by atoms with Crippen LogP contribution in [0.4, 0.5) is 4.39 Å². The van der Waals surface area contributed by atoms with Gasteiger partial charge in [0.05, 0.1) is 13.3 Å². The van der Waals surface area contributed by atoms with E-state index in [-0.39, 0.29) is 17.9 Å². The number of hydrogen-bond acceptors (Lipinski definition) is 3. The van der Waals surface area contributed by atoms with Gasteiger partial charge in [0.25, 0.3) is 0 Å². The first kappa shape index (κ1) is 19.8. The Morgan fingerprint density at radius 3 is 2.35 bits per heavy atom. The highest BCUT2D eigenvalue weighted by Crippen LogP contribution is 2.23. The van der Waals surface area contributed by atoms with Crippen molar-refractivity contribution in [3.05, 3.63) is 0 Å². The highest BCUT2D eigenvalue weighted by molar-refractivity contribution is 8.00. The van der Waals surface area contributed by atoms with Crippen LogP contribution in [-0.2, 0) is 9.53 Å². The Morgan fingerprint density at radius 1 is 1.10 bits per heavy atom. The van der Waals surface area contributed by atoms with E-state index in [0.29, 0.717) is 18.9 Å². The molecular formula is C16H31FO2S. The second kappa shape index (κ2) is 13.7. The molecule has 20 heavy (non-hydrogen) atoms. The number of halogens is 1. The molecule has 0 aromatic rings. The second-order valence-corrected chi connectivity index (χ2v) is 6.76. The smallest absolute Gasteiger partial charge is 0.319 e. The third kappa shape index (κ3) is 10.5. The van der Waals surface area contributed by atoms with E-state index < -0.39 is 0 Å². The van der Waals surface area contributed by atoms with Crippen molar-refractivity contribution < 1.29 is 13.9 Å². The molecule has 0 aromatic carbocycles. The molecule has 0 aliphatic rings. The number of ether oxygens (including phenoxy) is 1. The van der Waals surface area contributed by atoms with Crippen LogP contribution in [0.1, 0.15) is 65.7 Å². The van der Waals surface area contributed by atoms with Crippen LogP contribution in [0.5, 0.6) is 0 Å². The number of esters is 1. The fraction of sp³-hybridized carbons (Fsp3) is 0.938. The minimum atomic E-state index is -0.201. The number of thioether (sulfide) groups is 1. The molecule has 1 atom stereocenters. The van der Waals surface area contributed by atoms with Crippen LogP contribution in [0, 0.1) is 5.92 Å². The van der Waals surface area contributed by atoms with Crippen LogP contribution >= 0.6 is 11.8 Å². The van der Waals surface area contributed by atoms with Crippen LogP contribution in [0.25, 0.3) is 0 Å². The summed E-state index contributed by atoms with van der Waals surface area (Å²) in [4.78, 5) is 12.0. The highest BCUT2D eigenvalue weighted by Gasteiger charge is 2.23. The minimum absolute atomic E-state index is 0.0438. The average Bonchev–Trinajstić information content (AvgIpc) is 2.41. The van der Waals surface area contributed by atoms with Crippen molar-refractivity contribution in [2.75, 3.05) is 19.0 Å². The van der Waals surface area contributed by atoms with Gasteiger partial charge in [0.15, 0.2) is 0 Å². The van der Waals surface area contributed by atoms with Gasteiger partial charge in [-0.15, -0.1) is 11.8 Å². The number of carbonyl (C=O) groups excluding carboxylic acids is 1. The summed E-state index contributed by atoms with van der Waals surface area (Å²) in [5.74, 6) is 1.23. The molecule has 2 nitrogen and oxygen atoms in total. The van der Waals surface area contributed by atoms with Crippen LogP contribution in [-0.4, -0.2) is 30.3 Å². The first-order valence-corrected chi connectivity index (χ1v) is 9.02. The minimum Gasteiger partial charge on any atom is -0.465 e. The Hall–Kier alpha value is -0.250. The highest BCUT2D eigenvalue weighted by atomic mass is 32.2. The lowest BCUT2D eigenvalue weighted by Crippen LogP contribution is -2.26. The third-order valence-corrected chi connectivity index (χ3v) is 4.78. The quantitative estimate of drug-likeness (QED) is 0.353. The van der Waals surface area contributed by atoms with Gasteiger partial charge in [0.2, 0.25) is 0 Å². The lowest BCUT2D eigenvalue weighted by atomic mass is 10.1. The maximum absolute atomic E-state index is 12.0. The van der Waals surface area contributed by atoms with Crippen LogP contribution in [0.15, 0.2) is 0 Å². The van der Waals surface area contributed by atoms with Crippen LogP contribution in [0.3, 0.4) is 0 Å². The summed E-state index contributed by atoms with van der Waals surface area (Å²) in [5, 5.41) is -0.0438. The van der Waals surface area contributed by atoms with Gasteiger partial charge in [-0.1, -0.05) is 46.5 Å². The molecule has 0 aliphatic heterocycles. The first-order valence-electron chi connectivity index (χ1n) is 7.97. The summed E-state index contributed by atoms with van der Waals surface area (Å²) in [5.41, 5.74) is 0. The molecule has 0 aliphatic carbocycles. The lowest BCUT2D eigenvalue weighted by Gasteiger charge is -2.19. The van der Waals surface area contributed by atoms with Crippen molar-refractivity contribution in [2.24, 2.45) is 5.92 Å². The first-order chi connectivity index (χ1) is 9.63. The van der Waals surface area contributed by atoms with E-state index >= 15 is 0 Å². The van der Waals surface area contributed by atoms with Crippen molar-refractivity contribution in [1.29, 1.82) is 0 Å². The molecule has 0 fully saturated rings. The molecule has 0 bridgehead atoms. The zero-order chi connectivity index (χ0) is 15.2. The van der Waals surface area contributed by atoms with Gasteiger partial charge in [-0.3, -0.25) is 9.18 Å². The summed E-state index contributed by atoms with van der Waals surface area (Å²) in [7, 11) is 0. The van der Waals surface area contributed by atoms with Crippen LogP contribution < -0.4 is 0 Å². The molecule has 0 saturated carbocycles. The Balaban J connectivity index is 3.76. The normalized spacial score (nSPS) is 12.7. The largest absolute Gasteiger partial charge is 0.465 e. The van der Waals surface area contributed by atoms with Crippen molar-refractivity contribution in [2.45, 2.75) is 71.0 Å². The van der Waals surface area contributed by atoms with Gasteiger partial charge in [-0.05, 0) is 30.9 Å². The van der Waals surface area contributed by atoms with E-state index in [1.165, 1.54) is 0 Å². The Labute approximate surface area is 128 Å². The van der Waals surface area contributed by atoms with E-state index in [9.17, 15) is 9.18 Å². The number of hydrogen-bond donors (Lipinski definition) is 0. The molecule has 1 unspecified atom stereocenters. The molecule has 0 rings (SSSR count). The molecule has 0 amide bonds. The third-order valence-electron chi connectivity index (χ3n) is 3.16. The molecule has 0 aromatic heterocycles. The summed E-state index contributed by atoms with van der Waals surface area (Å²) < 4.78 is 17.2. The predicted molar refractivity (Wildman–Crippen MR) is 86.0 cm³/mol. The average molecular weight is 306 g/mol. The van der Waals surface area contributed by atoms with Gasteiger partial charge < -0.3 is 4.74 Å². The Kier molecular flexibility index (Phi) is 13.5. The van der Waals surface area contributed by atoms with E-state index in [1.54, 1.807) is 11.8 Å². The number of carbonyl (C=O) groups is 1. The van der Waals surface area contributed by atoms with E-state index in [0.717, 1.165) is 44.3 Å². The predicted octanol–water partition coefficient (Wildman–Crippen LogP) is 5.01. The molecule has 0 radical (unpaired) electrons. The zero-order valence-electron chi connectivity index (χ0n) is 13.3. The monoisotopic (exact) mass is 306 g/mol. The van der Waals surface area contributed by atoms with Gasteiger partial charge in [-0.25, -0.2) is 0 Å². The number of unbranched alkanes of at least 4 members (excludes halogenated alkanes) is 5. The van der Waals surface area contributed by atoms with Gasteiger partial charge >= 0.3 is 5.97 Å². The van der Waals surface area contributed by atoms with E-state index in [4.69, 9.17) is 4.74 Å². The van der Waals surface area contributed by atoms with Crippen molar-refractivity contribution >= 4 is 17.7 Å². The molecular weight excluding hydrogens is 275 g/mol. The summed E-state index contributed by atoms with van der Waals surface area (Å²) >= 11 is 1.71. The Bertz CT molecular complexity index is 235. The van der Waals surface area contributed by atoms with Crippen molar-refractivity contribution in [3.8, 4) is 0 Å². The maximum Gasteiger partial charge on any atom is 0.319 e. The van der Waals surface area contributed by atoms with Crippen LogP contribution in [0.2, 0.25) is 0 Å². The summed E-state index contributed by atoms with van der Waals surface area (Å²) in [6, 6.07) is 0. The molecule has 0 spiro atoms. The standard InChI is InChI=1S/C16H31FO2S/c1-4-5-12-19-16(18)15(14(2)3)20-13-10-8-6-7-9-11-17/h14-15H,4-13H2,1-3H3. The zero-order valence-corrected chi connectivity index (χ0v) is 14.1. The molecule has 120 valence electrons. The van der Waals surface area contributed by atoms with Crippen molar-refractivity contribution in [3.63, 3.8) is 0 Å². The number of rotatable bonds is 13. The molecule has 0 heterocycles. The molecule has 0 N–H and O–H groups in total. The Morgan fingerprint density at radius 2 is 1.75 bits per heavy atom. The van der Waals surface area contributed by atoms with E-state index in [1.807, 2.05) is 0 Å². The van der Waals surface area contributed by atoms with Crippen molar-refractivity contribution in [1.82, 2.24) is 0 Å². The fourth-order valence-electron chi connectivity index (χ4n) is 1.87. The maximum atomic E-state index is 12.0. The number of alkyl halides is 1. The topological polar surface area (TPSA) is 26.3 Å². The van der Waals surface area contributed by atoms with E-state index in [2.05, 4.69) is 20.8 Å². The summed E-state index contributed by atoms with van der Waals surface area (Å²) in [6.45, 7) is 6.57. The molecule has 4 heteroatoms. The molecule has 0 saturated heterocycles. The van der Waals surface area contributed by atoms with Gasteiger partial charge in [0, 0.05) is 0 Å². The summed E-state index contributed by atoms with van der Waals surface area (Å²) in [6.07, 6.45) is 6.98.